The molecule has 2 aromatic heterocycles. The van der Waals surface area contributed by atoms with Crippen molar-refractivity contribution in [2.75, 3.05) is 0 Å². The molecule has 1 aliphatic carbocycles. The summed E-state index contributed by atoms with van der Waals surface area (Å²) in [6, 6.07) is 2.10. The van der Waals surface area contributed by atoms with Crippen LogP contribution in [-0.4, -0.2) is 22.1 Å². The summed E-state index contributed by atoms with van der Waals surface area (Å²) in [7, 11) is 0. The number of rotatable bonds is 2. The Labute approximate surface area is 111 Å². The number of aryl methyl sites for hydroxylation is 1. The van der Waals surface area contributed by atoms with Crippen LogP contribution in [0.3, 0.4) is 0 Å². The van der Waals surface area contributed by atoms with Crippen LogP contribution in [0, 0.1) is 6.92 Å². The zero-order chi connectivity index (χ0) is 13.2. The third-order valence-corrected chi connectivity index (χ3v) is 3.71. The van der Waals surface area contributed by atoms with Gasteiger partial charge in [-0.3, -0.25) is 4.79 Å². The van der Waals surface area contributed by atoms with Crippen molar-refractivity contribution in [3.63, 3.8) is 0 Å². The molecule has 1 aliphatic rings. The number of carbonyl (C=O) groups is 1. The first kappa shape index (κ1) is 12.1. The van der Waals surface area contributed by atoms with E-state index in [4.69, 9.17) is 4.52 Å². The van der Waals surface area contributed by atoms with Gasteiger partial charge in [0.15, 0.2) is 0 Å². The summed E-state index contributed by atoms with van der Waals surface area (Å²) in [6.07, 6.45) is 7.38. The Kier molecular flexibility index (Phi) is 3.19. The first-order valence-electron chi connectivity index (χ1n) is 6.77. The molecule has 0 atom stereocenters. The van der Waals surface area contributed by atoms with Gasteiger partial charge < -0.3 is 9.84 Å². The van der Waals surface area contributed by atoms with Crippen LogP contribution in [0.1, 0.15) is 48.2 Å². The van der Waals surface area contributed by atoms with Gasteiger partial charge >= 0.3 is 0 Å². The number of amides is 1. The van der Waals surface area contributed by atoms with Crippen LogP contribution in [0.2, 0.25) is 0 Å². The minimum absolute atomic E-state index is 0.0538. The first-order chi connectivity index (χ1) is 9.24. The molecule has 0 unspecified atom stereocenters. The third kappa shape index (κ3) is 2.45. The van der Waals surface area contributed by atoms with E-state index in [0.717, 1.165) is 23.9 Å². The van der Waals surface area contributed by atoms with Crippen LogP contribution >= 0.6 is 0 Å². The maximum Gasteiger partial charge on any atom is 0.257 e. The lowest BCUT2D eigenvalue weighted by Crippen LogP contribution is -2.36. The Morgan fingerprint density at radius 2 is 2.16 bits per heavy atom. The highest BCUT2D eigenvalue weighted by Gasteiger charge is 2.17. The van der Waals surface area contributed by atoms with E-state index in [0.29, 0.717) is 17.3 Å². The van der Waals surface area contributed by atoms with Crippen LogP contribution in [0.4, 0.5) is 0 Å². The third-order valence-electron chi connectivity index (χ3n) is 3.71. The fourth-order valence-corrected chi connectivity index (χ4v) is 2.58. The Bertz CT molecular complexity index is 600. The van der Waals surface area contributed by atoms with E-state index in [1.165, 1.54) is 19.3 Å². The molecule has 0 saturated heterocycles. The molecule has 5 heteroatoms. The molecule has 2 heterocycles. The van der Waals surface area contributed by atoms with Crippen LogP contribution in [0.15, 0.2) is 16.8 Å². The summed E-state index contributed by atoms with van der Waals surface area (Å²) in [5.41, 5.74) is 1.81. The highest BCUT2D eigenvalue weighted by Crippen LogP contribution is 2.19. The van der Waals surface area contributed by atoms with E-state index in [9.17, 15) is 4.79 Å². The Morgan fingerprint density at radius 1 is 1.37 bits per heavy atom. The van der Waals surface area contributed by atoms with E-state index in [1.807, 2.05) is 6.92 Å². The number of fused-ring (bicyclic) bond motifs is 1. The van der Waals surface area contributed by atoms with E-state index in [2.05, 4.69) is 15.5 Å². The van der Waals surface area contributed by atoms with Crippen molar-refractivity contribution in [1.82, 2.24) is 15.5 Å². The molecule has 0 aromatic carbocycles. The smallest absolute Gasteiger partial charge is 0.257 e. The molecule has 3 rings (SSSR count). The van der Waals surface area contributed by atoms with Gasteiger partial charge in [-0.1, -0.05) is 24.4 Å². The van der Waals surface area contributed by atoms with Crippen LogP contribution in [-0.2, 0) is 0 Å². The van der Waals surface area contributed by atoms with Crippen LogP contribution < -0.4 is 5.32 Å². The van der Waals surface area contributed by atoms with E-state index < -0.39 is 0 Å². The summed E-state index contributed by atoms with van der Waals surface area (Å²) in [6.45, 7) is 1.84. The minimum atomic E-state index is -0.0538. The van der Waals surface area contributed by atoms with Crippen LogP contribution in [0.5, 0.6) is 0 Å². The number of hydrogen-bond acceptors (Lipinski definition) is 4. The Morgan fingerprint density at radius 3 is 2.95 bits per heavy atom. The normalized spacial score (nSPS) is 16.7. The highest BCUT2D eigenvalue weighted by molar-refractivity contribution is 5.97. The summed E-state index contributed by atoms with van der Waals surface area (Å²) < 4.78 is 5.04. The van der Waals surface area contributed by atoms with Gasteiger partial charge in [0.2, 0.25) is 0 Å². The zero-order valence-corrected chi connectivity index (χ0v) is 11.0. The molecule has 1 saturated carbocycles. The monoisotopic (exact) mass is 259 g/mol. The predicted octanol–water partition coefficient (Wildman–Crippen LogP) is 2.59. The molecule has 5 nitrogen and oxygen atoms in total. The molecule has 19 heavy (non-hydrogen) atoms. The molecule has 100 valence electrons. The fraction of sp³-hybridized carbons (Fsp3) is 0.500. The van der Waals surface area contributed by atoms with E-state index in [1.54, 1.807) is 12.3 Å². The number of nitrogens with zero attached hydrogens (tertiary/aromatic N) is 2. The second kappa shape index (κ2) is 4.99. The minimum Gasteiger partial charge on any atom is -0.349 e. The van der Waals surface area contributed by atoms with Crippen molar-refractivity contribution in [1.29, 1.82) is 0 Å². The zero-order valence-electron chi connectivity index (χ0n) is 11.0. The van der Waals surface area contributed by atoms with E-state index >= 15 is 0 Å². The predicted molar refractivity (Wildman–Crippen MR) is 70.9 cm³/mol. The summed E-state index contributed by atoms with van der Waals surface area (Å²) in [4.78, 5) is 16.3. The number of aromatic nitrogens is 2. The first-order valence-corrected chi connectivity index (χ1v) is 6.77. The number of hydrogen-bond donors (Lipinski definition) is 1. The molecule has 0 bridgehead atoms. The molecule has 0 spiro atoms. The van der Waals surface area contributed by atoms with Gasteiger partial charge in [-0.25, -0.2) is 4.98 Å². The number of carbonyl (C=O) groups excluding carboxylic acids is 1. The molecular formula is C14H17N3O2. The summed E-state index contributed by atoms with van der Waals surface area (Å²) >= 11 is 0. The second-order valence-electron chi connectivity index (χ2n) is 5.15. The molecule has 2 aromatic rings. The van der Waals surface area contributed by atoms with Crippen molar-refractivity contribution in [2.24, 2.45) is 0 Å². The lowest BCUT2D eigenvalue weighted by Gasteiger charge is -2.22. The molecular weight excluding hydrogens is 242 g/mol. The van der Waals surface area contributed by atoms with Crippen LogP contribution in [0.25, 0.3) is 11.1 Å². The van der Waals surface area contributed by atoms with Gasteiger partial charge in [0.05, 0.1) is 16.6 Å². The Balaban J connectivity index is 1.78. The maximum atomic E-state index is 12.2. The average molecular weight is 259 g/mol. The van der Waals surface area contributed by atoms with Gasteiger partial charge in [0.1, 0.15) is 0 Å². The Hall–Kier alpha value is -1.91. The van der Waals surface area contributed by atoms with Crippen molar-refractivity contribution in [3.8, 4) is 0 Å². The summed E-state index contributed by atoms with van der Waals surface area (Å²) in [5, 5.41) is 7.73. The average Bonchev–Trinajstić information content (AvgIpc) is 2.81. The number of pyridine rings is 1. The van der Waals surface area contributed by atoms with Gasteiger partial charge in [0, 0.05) is 12.2 Å². The van der Waals surface area contributed by atoms with Gasteiger partial charge in [-0.2, -0.15) is 0 Å². The highest BCUT2D eigenvalue weighted by atomic mass is 16.5. The topological polar surface area (TPSA) is 68.0 Å². The standard InChI is InChI=1S/C14H17N3O2/c1-9-12-7-10(8-15-14(12)19-17-9)13(18)16-11-5-3-2-4-6-11/h7-8,11H,2-6H2,1H3,(H,16,18). The molecule has 0 radical (unpaired) electrons. The van der Waals surface area contributed by atoms with Gasteiger partial charge in [-0.15, -0.1) is 0 Å². The molecule has 1 fully saturated rings. The fourth-order valence-electron chi connectivity index (χ4n) is 2.58. The van der Waals surface area contributed by atoms with Crippen molar-refractivity contribution >= 4 is 17.0 Å². The van der Waals surface area contributed by atoms with Gasteiger partial charge in [-0.05, 0) is 25.8 Å². The number of nitrogens with one attached hydrogen (secondary N) is 1. The van der Waals surface area contributed by atoms with Gasteiger partial charge in [0.25, 0.3) is 11.6 Å². The quantitative estimate of drug-likeness (QED) is 0.900. The van der Waals surface area contributed by atoms with Crippen molar-refractivity contribution < 1.29 is 9.32 Å². The van der Waals surface area contributed by atoms with Crippen molar-refractivity contribution in [2.45, 2.75) is 45.1 Å². The lowest BCUT2D eigenvalue weighted by atomic mass is 9.95. The molecule has 0 aliphatic heterocycles. The largest absolute Gasteiger partial charge is 0.349 e. The maximum absolute atomic E-state index is 12.2. The second-order valence-corrected chi connectivity index (χ2v) is 5.15. The SMILES string of the molecule is Cc1noc2ncc(C(=O)NC3CCCCC3)cc12. The van der Waals surface area contributed by atoms with Crippen molar-refractivity contribution in [3.05, 3.63) is 23.5 Å². The lowest BCUT2D eigenvalue weighted by molar-refractivity contribution is 0.0927. The summed E-state index contributed by atoms with van der Waals surface area (Å²) in [5.74, 6) is -0.0538. The molecule has 1 amide bonds. The molecule has 1 N–H and O–H groups in total. The van der Waals surface area contributed by atoms with E-state index in [-0.39, 0.29) is 5.91 Å².